The molecule has 3 amide bonds. The van der Waals surface area contributed by atoms with Gasteiger partial charge in [-0.3, -0.25) is 10.1 Å². The van der Waals surface area contributed by atoms with Gasteiger partial charge in [-0.15, -0.1) is 0 Å². The Bertz CT molecular complexity index is 814. The monoisotopic (exact) mass is 364 g/mol. The quantitative estimate of drug-likeness (QED) is 0.805. The third-order valence-corrected chi connectivity index (χ3v) is 3.91. The highest BCUT2D eigenvalue weighted by atomic mass is 35.5. The molecule has 0 aliphatic heterocycles. The Morgan fingerprint density at radius 2 is 1.84 bits per heavy atom. The first-order valence-corrected chi connectivity index (χ1v) is 7.72. The molecule has 2 N–H and O–H groups in total. The van der Waals surface area contributed by atoms with E-state index in [0.717, 1.165) is 11.4 Å². The molecule has 2 aromatic rings. The molecule has 132 valence electrons. The number of amides is 3. The van der Waals surface area contributed by atoms with Crippen LogP contribution in [0.15, 0.2) is 24.3 Å². The number of esters is 1. The van der Waals surface area contributed by atoms with Crippen LogP contribution in [0.25, 0.3) is 5.69 Å². The Labute approximate surface area is 149 Å². The maximum atomic E-state index is 11.9. The molecular weight excluding hydrogens is 348 g/mol. The van der Waals surface area contributed by atoms with Crippen molar-refractivity contribution in [1.29, 1.82) is 0 Å². The number of halogens is 1. The van der Waals surface area contributed by atoms with Crippen molar-refractivity contribution < 1.29 is 19.1 Å². The number of hydrogen-bond donors (Lipinski definition) is 2. The molecule has 0 unspecified atom stereocenters. The highest BCUT2D eigenvalue weighted by Crippen LogP contribution is 2.22. The van der Waals surface area contributed by atoms with Crippen LogP contribution in [-0.2, 0) is 9.53 Å². The van der Waals surface area contributed by atoms with E-state index in [4.69, 9.17) is 16.3 Å². The van der Waals surface area contributed by atoms with Gasteiger partial charge in [-0.2, -0.15) is 5.10 Å². The molecule has 9 heteroatoms. The lowest BCUT2D eigenvalue weighted by atomic mass is 10.2. The van der Waals surface area contributed by atoms with Crippen molar-refractivity contribution >= 4 is 29.5 Å². The number of hydrogen-bond acceptors (Lipinski definition) is 5. The summed E-state index contributed by atoms with van der Waals surface area (Å²) >= 11 is 6.12. The molecule has 0 aliphatic rings. The number of rotatable bonds is 4. The Morgan fingerprint density at radius 3 is 2.36 bits per heavy atom. The van der Waals surface area contributed by atoms with Crippen molar-refractivity contribution in [1.82, 2.24) is 20.4 Å². The third-order valence-electron chi connectivity index (χ3n) is 3.36. The molecule has 25 heavy (non-hydrogen) atoms. The number of carbonyl (C=O) groups is 3. The summed E-state index contributed by atoms with van der Waals surface area (Å²) in [4.78, 5) is 34.3. The summed E-state index contributed by atoms with van der Waals surface area (Å²) in [5.41, 5.74) is 2.51. The number of nitrogens with zero attached hydrogens (tertiary/aromatic N) is 2. The second kappa shape index (κ2) is 7.80. The molecule has 1 aromatic carbocycles. The van der Waals surface area contributed by atoms with Gasteiger partial charge < -0.3 is 10.1 Å². The van der Waals surface area contributed by atoms with Gasteiger partial charge in [0.1, 0.15) is 0 Å². The molecule has 0 fully saturated rings. The van der Waals surface area contributed by atoms with Gasteiger partial charge in [-0.05, 0) is 38.1 Å². The Kier molecular flexibility index (Phi) is 5.76. The molecule has 0 bridgehead atoms. The van der Waals surface area contributed by atoms with E-state index in [9.17, 15) is 14.4 Å². The lowest BCUT2D eigenvalue weighted by molar-refractivity contribution is -0.123. The largest absolute Gasteiger partial charge is 0.452 e. The van der Waals surface area contributed by atoms with Gasteiger partial charge in [0.15, 0.2) is 6.61 Å². The number of nitrogens with one attached hydrogen (secondary N) is 2. The molecule has 0 radical (unpaired) electrons. The average molecular weight is 365 g/mol. The van der Waals surface area contributed by atoms with Gasteiger partial charge in [0.25, 0.3) is 5.91 Å². The molecule has 0 atom stereocenters. The lowest BCUT2D eigenvalue weighted by Gasteiger charge is -2.07. The van der Waals surface area contributed by atoms with Crippen molar-refractivity contribution in [2.45, 2.75) is 13.8 Å². The molecule has 2 rings (SSSR count). The van der Waals surface area contributed by atoms with Gasteiger partial charge in [0.05, 0.1) is 27.7 Å². The van der Waals surface area contributed by atoms with Crippen LogP contribution < -0.4 is 10.6 Å². The smallest absolute Gasteiger partial charge is 0.338 e. The van der Waals surface area contributed by atoms with Crippen molar-refractivity contribution in [2.24, 2.45) is 0 Å². The summed E-state index contributed by atoms with van der Waals surface area (Å²) in [5, 5.41) is 9.12. The van der Waals surface area contributed by atoms with Crippen LogP contribution in [0.1, 0.15) is 21.7 Å². The SMILES string of the molecule is CNC(=O)NC(=O)COC(=O)c1ccc(-n2nc(C)c(Cl)c2C)cc1. The van der Waals surface area contributed by atoms with Gasteiger partial charge in [0, 0.05) is 7.05 Å². The van der Waals surface area contributed by atoms with E-state index in [2.05, 4.69) is 10.4 Å². The second-order valence-electron chi connectivity index (χ2n) is 5.15. The zero-order valence-corrected chi connectivity index (χ0v) is 14.7. The number of urea groups is 1. The van der Waals surface area contributed by atoms with Crippen LogP contribution in [0.3, 0.4) is 0 Å². The van der Waals surface area contributed by atoms with E-state index >= 15 is 0 Å². The van der Waals surface area contributed by atoms with Crippen LogP contribution >= 0.6 is 11.6 Å². The molecular formula is C16H17ClN4O4. The topological polar surface area (TPSA) is 102 Å². The molecule has 1 aromatic heterocycles. The minimum Gasteiger partial charge on any atom is -0.452 e. The first-order valence-electron chi connectivity index (χ1n) is 7.34. The third kappa shape index (κ3) is 4.36. The normalized spacial score (nSPS) is 10.2. The summed E-state index contributed by atoms with van der Waals surface area (Å²) in [7, 11) is 1.37. The summed E-state index contributed by atoms with van der Waals surface area (Å²) in [6.07, 6.45) is 0. The van der Waals surface area contributed by atoms with Crippen molar-refractivity contribution in [2.75, 3.05) is 13.7 Å². The van der Waals surface area contributed by atoms with Gasteiger partial charge in [-0.25, -0.2) is 14.3 Å². The first kappa shape index (κ1) is 18.5. The molecule has 8 nitrogen and oxygen atoms in total. The van der Waals surface area contributed by atoms with Crippen LogP contribution in [0.5, 0.6) is 0 Å². The fourth-order valence-corrected chi connectivity index (χ4v) is 2.17. The van der Waals surface area contributed by atoms with Crippen LogP contribution in [-0.4, -0.2) is 41.3 Å². The molecule has 0 saturated heterocycles. The maximum Gasteiger partial charge on any atom is 0.338 e. The predicted molar refractivity (Wildman–Crippen MR) is 90.9 cm³/mol. The fraction of sp³-hybridized carbons (Fsp3) is 0.250. The number of carbonyl (C=O) groups excluding carboxylic acids is 3. The Morgan fingerprint density at radius 1 is 1.20 bits per heavy atom. The maximum absolute atomic E-state index is 11.9. The summed E-state index contributed by atoms with van der Waals surface area (Å²) < 4.78 is 6.52. The van der Waals surface area contributed by atoms with Crippen LogP contribution in [0, 0.1) is 13.8 Å². The predicted octanol–water partition coefficient (Wildman–Crippen LogP) is 1.75. The summed E-state index contributed by atoms with van der Waals surface area (Å²) in [6, 6.07) is 5.82. The van der Waals surface area contributed by atoms with Crippen LogP contribution in [0.4, 0.5) is 4.79 Å². The lowest BCUT2D eigenvalue weighted by Crippen LogP contribution is -2.39. The van der Waals surface area contributed by atoms with Crippen molar-refractivity contribution in [3.63, 3.8) is 0 Å². The number of benzene rings is 1. The van der Waals surface area contributed by atoms with Crippen molar-refractivity contribution in [3.05, 3.63) is 46.2 Å². The van der Waals surface area contributed by atoms with Gasteiger partial charge in [-0.1, -0.05) is 11.6 Å². The van der Waals surface area contributed by atoms with E-state index in [-0.39, 0.29) is 5.56 Å². The minimum atomic E-state index is -0.721. The number of aryl methyl sites for hydroxylation is 1. The molecule has 1 heterocycles. The van der Waals surface area contributed by atoms with E-state index < -0.39 is 24.5 Å². The summed E-state index contributed by atoms with van der Waals surface area (Å²) in [6.45, 7) is 3.10. The highest BCUT2D eigenvalue weighted by molar-refractivity contribution is 6.31. The van der Waals surface area contributed by atoms with Crippen molar-refractivity contribution in [3.8, 4) is 5.69 Å². The average Bonchev–Trinajstić information content (AvgIpc) is 2.87. The Balaban J connectivity index is 2.02. The van der Waals surface area contributed by atoms with E-state index in [1.54, 1.807) is 35.9 Å². The number of imide groups is 1. The summed E-state index contributed by atoms with van der Waals surface area (Å²) in [5.74, 6) is -1.40. The second-order valence-corrected chi connectivity index (χ2v) is 5.52. The van der Waals surface area contributed by atoms with Crippen LogP contribution in [0.2, 0.25) is 5.02 Å². The van der Waals surface area contributed by atoms with E-state index in [1.807, 2.05) is 12.2 Å². The van der Waals surface area contributed by atoms with Gasteiger partial charge >= 0.3 is 12.0 Å². The Hall–Kier alpha value is -2.87. The van der Waals surface area contributed by atoms with Gasteiger partial charge in [0.2, 0.25) is 0 Å². The molecule has 0 spiro atoms. The zero-order chi connectivity index (χ0) is 18.6. The number of aromatic nitrogens is 2. The standard InChI is InChI=1S/C16H17ClN4O4/c1-9-14(17)10(2)21(20-9)12-6-4-11(5-7-12)15(23)25-8-13(22)19-16(24)18-3/h4-7H,8H2,1-3H3,(H2,18,19,22,24). The molecule has 0 saturated carbocycles. The zero-order valence-electron chi connectivity index (χ0n) is 13.9. The highest BCUT2D eigenvalue weighted by Gasteiger charge is 2.14. The van der Waals surface area contributed by atoms with E-state index in [0.29, 0.717) is 10.7 Å². The fourth-order valence-electron chi connectivity index (χ4n) is 2.05. The first-order chi connectivity index (χ1) is 11.8. The van der Waals surface area contributed by atoms with E-state index in [1.165, 1.54) is 7.05 Å². The number of ether oxygens (including phenoxy) is 1. The molecule has 0 aliphatic carbocycles. The minimum absolute atomic E-state index is 0.268.